The molecule has 6 nitrogen and oxygen atoms in total. The lowest BCUT2D eigenvalue weighted by atomic mass is 9.86. The van der Waals surface area contributed by atoms with E-state index in [1.54, 1.807) is 24.5 Å². The first kappa shape index (κ1) is 19.1. The fraction of sp³-hybridized carbons (Fsp3) is 0.400. The van der Waals surface area contributed by atoms with Gasteiger partial charge in [-0.3, -0.25) is 5.10 Å². The van der Waals surface area contributed by atoms with Crippen molar-refractivity contribution in [3.05, 3.63) is 54.5 Å². The third-order valence-corrected chi connectivity index (χ3v) is 4.70. The maximum atomic E-state index is 14.5. The number of benzene rings is 1. The van der Waals surface area contributed by atoms with Gasteiger partial charge in [0.05, 0.1) is 25.3 Å². The van der Waals surface area contributed by atoms with Crippen molar-refractivity contribution in [3.8, 4) is 17.0 Å². The van der Waals surface area contributed by atoms with E-state index in [0.29, 0.717) is 23.6 Å². The number of rotatable bonds is 7. The molecule has 27 heavy (non-hydrogen) atoms. The summed E-state index contributed by atoms with van der Waals surface area (Å²) in [6, 6.07) is 5.03. The van der Waals surface area contributed by atoms with Crippen LogP contribution < -0.4 is 10.1 Å². The van der Waals surface area contributed by atoms with Crippen molar-refractivity contribution in [1.82, 2.24) is 25.1 Å². The number of ether oxygens (including phenoxy) is 1. The van der Waals surface area contributed by atoms with E-state index in [1.165, 1.54) is 13.2 Å². The van der Waals surface area contributed by atoms with Crippen molar-refractivity contribution in [1.29, 1.82) is 0 Å². The molecule has 1 unspecified atom stereocenters. The lowest BCUT2D eigenvalue weighted by Crippen LogP contribution is -2.43. The number of hydrogen-bond acceptors (Lipinski definition) is 4. The van der Waals surface area contributed by atoms with E-state index in [4.69, 9.17) is 4.74 Å². The average molecular weight is 371 g/mol. The second-order valence-corrected chi connectivity index (χ2v) is 7.68. The van der Waals surface area contributed by atoms with Crippen molar-refractivity contribution in [3.63, 3.8) is 0 Å². The molecule has 2 heterocycles. The van der Waals surface area contributed by atoms with E-state index >= 15 is 0 Å². The molecule has 0 aliphatic rings. The molecule has 0 fully saturated rings. The first-order valence-corrected chi connectivity index (χ1v) is 8.93. The number of imidazole rings is 1. The van der Waals surface area contributed by atoms with Crippen LogP contribution in [0.4, 0.5) is 4.39 Å². The Kier molecular flexibility index (Phi) is 5.60. The van der Waals surface area contributed by atoms with Gasteiger partial charge in [-0.15, -0.1) is 0 Å². The Morgan fingerprint density at radius 3 is 2.78 bits per heavy atom. The maximum Gasteiger partial charge on any atom is 0.136 e. The molecule has 144 valence electrons. The highest BCUT2D eigenvalue weighted by Crippen LogP contribution is 2.28. The van der Waals surface area contributed by atoms with Gasteiger partial charge in [0.15, 0.2) is 0 Å². The van der Waals surface area contributed by atoms with Crippen LogP contribution in [0.3, 0.4) is 0 Å². The number of nitrogens with one attached hydrogen (secondary N) is 2. The monoisotopic (exact) mass is 371 g/mol. The summed E-state index contributed by atoms with van der Waals surface area (Å²) in [7, 11) is 1.52. The molecule has 0 bridgehead atoms. The summed E-state index contributed by atoms with van der Waals surface area (Å²) in [6.45, 7) is 7.96. The van der Waals surface area contributed by atoms with Crippen molar-refractivity contribution < 1.29 is 9.13 Å². The van der Waals surface area contributed by atoms with Gasteiger partial charge in [-0.2, -0.15) is 5.10 Å². The predicted octanol–water partition coefficient (Wildman–Crippen LogP) is 3.63. The quantitative estimate of drug-likeness (QED) is 0.666. The zero-order valence-corrected chi connectivity index (χ0v) is 16.2. The molecule has 0 radical (unpaired) electrons. The van der Waals surface area contributed by atoms with Crippen LogP contribution in [0.25, 0.3) is 11.3 Å². The molecule has 0 amide bonds. The van der Waals surface area contributed by atoms with Gasteiger partial charge >= 0.3 is 0 Å². The highest BCUT2D eigenvalue weighted by atomic mass is 19.1. The van der Waals surface area contributed by atoms with Gasteiger partial charge in [-0.1, -0.05) is 20.8 Å². The normalized spacial score (nSPS) is 12.9. The predicted molar refractivity (Wildman–Crippen MR) is 103 cm³/mol. The van der Waals surface area contributed by atoms with Crippen LogP contribution in [0.1, 0.15) is 26.3 Å². The highest BCUT2D eigenvalue weighted by Gasteiger charge is 2.25. The minimum Gasteiger partial charge on any atom is -0.497 e. The van der Waals surface area contributed by atoms with E-state index in [1.807, 2.05) is 12.5 Å². The van der Waals surface area contributed by atoms with Gasteiger partial charge < -0.3 is 14.6 Å². The van der Waals surface area contributed by atoms with Crippen LogP contribution in [0.2, 0.25) is 0 Å². The van der Waals surface area contributed by atoms with E-state index in [9.17, 15) is 4.39 Å². The molecule has 0 saturated heterocycles. The van der Waals surface area contributed by atoms with Gasteiger partial charge in [0.2, 0.25) is 0 Å². The molecule has 2 N–H and O–H groups in total. The Morgan fingerprint density at radius 2 is 2.15 bits per heavy atom. The molecular weight excluding hydrogens is 345 g/mol. The van der Waals surface area contributed by atoms with Crippen LogP contribution in [-0.2, 0) is 13.1 Å². The van der Waals surface area contributed by atoms with Gasteiger partial charge in [0, 0.05) is 48.7 Å². The van der Waals surface area contributed by atoms with Crippen molar-refractivity contribution >= 4 is 0 Å². The average Bonchev–Trinajstić information content (AvgIpc) is 3.29. The Morgan fingerprint density at radius 1 is 1.33 bits per heavy atom. The van der Waals surface area contributed by atoms with Gasteiger partial charge in [0.1, 0.15) is 11.6 Å². The Hall–Kier alpha value is -2.67. The van der Waals surface area contributed by atoms with Gasteiger partial charge in [-0.05, 0) is 17.5 Å². The zero-order valence-electron chi connectivity index (χ0n) is 16.2. The zero-order chi connectivity index (χ0) is 19.4. The molecule has 3 rings (SSSR count). The van der Waals surface area contributed by atoms with E-state index < -0.39 is 0 Å². The van der Waals surface area contributed by atoms with Crippen LogP contribution in [0, 0.1) is 11.2 Å². The van der Waals surface area contributed by atoms with Crippen LogP contribution >= 0.6 is 0 Å². The van der Waals surface area contributed by atoms with Crippen LogP contribution in [0.15, 0.2) is 43.1 Å². The number of aromatic nitrogens is 4. The summed E-state index contributed by atoms with van der Waals surface area (Å²) >= 11 is 0. The maximum absolute atomic E-state index is 14.5. The van der Waals surface area contributed by atoms with Crippen molar-refractivity contribution in [2.75, 3.05) is 7.11 Å². The fourth-order valence-electron chi connectivity index (χ4n) is 2.99. The minimum atomic E-state index is -0.342. The second kappa shape index (κ2) is 7.92. The number of aromatic amines is 1. The van der Waals surface area contributed by atoms with E-state index in [-0.39, 0.29) is 17.3 Å². The highest BCUT2D eigenvalue weighted by molar-refractivity contribution is 5.64. The minimum absolute atomic E-state index is 0.0412. The van der Waals surface area contributed by atoms with E-state index in [0.717, 1.165) is 12.1 Å². The molecular formula is C20H26FN5O. The first-order chi connectivity index (χ1) is 12.9. The Labute approximate surface area is 158 Å². The molecule has 1 aromatic carbocycles. The Balaban J connectivity index is 1.77. The SMILES string of the molecule is COc1ccc(-c2[nH]ncc2CNC(Cn2ccnc2)C(C)(C)C)c(F)c1. The molecule has 3 aromatic rings. The molecule has 0 spiro atoms. The molecule has 1 atom stereocenters. The summed E-state index contributed by atoms with van der Waals surface area (Å²) in [6.07, 6.45) is 7.29. The largest absolute Gasteiger partial charge is 0.497 e. The molecule has 0 aliphatic heterocycles. The van der Waals surface area contributed by atoms with E-state index in [2.05, 4.69) is 45.8 Å². The standard InChI is InChI=1S/C20H26FN5O/c1-20(2,3)18(12-26-8-7-22-13-26)23-10-14-11-24-25-19(14)16-6-5-15(27-4)9-17(16)21/h5-9,11,13,18,23H,10,12H2,1-4H3,(H,24,25). The third kappa shape index (κ3) is 4.54. The fourth-order valence-corrected chi connectivity index (χ4v) is 2.99. The third-order valence-electron chi connectivity index (χ3n) is 4.70. The van der Waals surface area contributed by atoms with Crippen LogP contribution in [0.5, 0.6) is 5.75 Å². The number of methoxy groups -OCH3 is 1. The van der Waals surface area contributed by atoms with Crippen molar-refractivity contribution in [2.24, 2.45) is 5.41 Å². The lowest BCUT2D eigenvalue weighted by molar-refractivity contribution is 0.240. The Bertz CT molecular complexity index is 867. The summed E-state index contributed by atoms with van der Waals surface area (Å²) in [4.78, 5) is 4.11. The molecule has 0 aliphatic carbocycles. The topological polar surface area (TPSA) is 67.8 Å². The molecule has 2 aromatic heterocycles. The van der Waals surface area contributed by atoms with Gasteiger partial charge in [-0.25, -0.2) is 9.37 Å². The molecule has 0 saturated carbocycles. The first-order valence-electron chi connectivity index (χ1n) is 8.93. The number of H-pyrrole nitrogens is 1. The van der Waals surface area contributed by atoms with Gasteiger partial charge in [0.25, 0.3) is 0 Å². The second-order valence-electron chi connectivity index (χ2n) is 7.68. The van der Waals surface area contributed by atoms with Crippen LogP contribution in [-0.4, -0.2) is 32.9 Å². The number of nitrogens with zero attached hydrogens (tertiary/aromatic N) is 3. The lowest BCUT2D eigenvalue weighted by Gasteiger charge is -2.32. The smallest absolute Gasteiger partial charge is 0.136 e. The summed E-state index contributed by atoms with van der Waals surface area (Å²) in [5, 5.41) is 10.6. The number of hydrogen-bond donors (Lipinski definition) is 2. The summed E-state index contributed by atoms with van der Waals surface area (Å²) in [5.74, 6) is 0.147. The summed E-state index contributed by atoms with van der Waals surface area (Å²) in [5.41, 5.74) is 2.11. The number of halogens is 1. The van der Waals surface area contributed by atoms with Crippen molar-refractivity contribution in [2.45, 2.75) is 39.9 Å². The summed E-state index contributed by atoms with van der Waals surface area (Å²) < 4.78 is 21.6. The molecule has 7 heteroatoms.